The average molecular weight is 1170 g/mol. The highest BCUT2D eigenvalue weighted by molar-refractivity contribution is 7.92. The van der Waals surface area contributed by atoms with Crippen molar-refractivity contribution in [1.29, 1.82) is 0 Å². The van der Waals surface area contributed by atoms with Crippen LogP contribution in [-0.2, 0) is 33.3 Å². The maximum atomic E-state index is 14.3. The minimum atomic E-state index is -4.64. The van der Waals surface area contributed by atoms with Crippen LogP contribution in [-0.4, -0.2) is 55.0 Å². The van der Waals surface area contributed by atoms with E-state index in [0.717, 1.165) is 29.3 Å². The number of aromatic nitrogens is 7. The Bertz CT molecular complexity index is 4770. The maximum Gasteiger partial charge on any atom is 0.433 e. The zero-order valence-electron chi connectivity index (χ0n) is 42.3. The number of H-pyrrole nitrogens is 2. The first-order valence-corrected chi connectivity index (χ1v) is 28.3. The molecule has 0 radical (unpaired) electrons. The Hall–Kier alpha value is -9.18. The van der Waals surface area contributed by atoms with Crippen LogP contribution in [0.25, 0.3) is 99.8 Å². The van der Waals surface area contributed by atoms with Gasteiger partial charge in [-0.25, -0.2) is 23.1 Å². The molecule has 0 aliphatic carbocycles. The molecule has 4 N–H and O–H groups in total. The molecule has 0 aliphatic heterocycles. The highest BCUT2D eigenvalue weighted by Gasteiger charge is 2.32. The minimum Gasteiger partial charge on any atom is -0.593 e. The molecule has 12 aromatic rings. The first-order chi connectivity index (χ1) is 39.5. The van der Waals surface area contributed by atoms with E-state index in [1.54, 1.807) is 42.7 Å². The second-order valence-corrected chi connectivity index (χ2v) is 22.5. The van der Waals surface area contributed by atoms with Crippen molar-refractivity contribution in [3.8, 4) is 61.6 Å². The van der Waals surface area contributed by atoms with Crippen molar-refractivity contribution in [3.05, 3.63) is 218 Å². The number of anilines is 2. The van der Waals surface area contributed by atoms with Gasteiger partial charge in [-0.2, -0.15) is 13.2 Å². The van der Waals surface area contributed by atoms with E-state index in [1.807, 2.05) is 78.9 Å². The second-order valence-electron chi connectivity index (χ2n) is 18.8. The molecule has 7 heterocycles. The number of aromatic amines is 2. The molecule has 15 nitrogen and oxygen atoms in total. The van der Waals surface area contributed by atoms with Crippen molar-refractivity contribution in [3.63, 3.8) is 0 Å². The van der Waals surface area contributed by atoms with Crippen LogP contribution in [0, 0.1) is 0 Å². The molecule has 82 heavy (non-hydrogen) atoms. The number of nitrogens with zero attached hydrogens (tertiary/aromatic N) is 5. The summed E-state index contributed by atoms with van der Waals surface area (Å²) in [6.45, 7) is 0. The normalized spacial score (nSPS) is 12.3. The van der Waals surface area contributed by atoms with Crippen LogP contribution < -0.4 is 25.0 Å². The number of alkyl halides is 3. The van der Waals surface area contributed by atoms with Crippen LogP contribution in [0.1, 0.15) is 11.3 Å². The fraction of sp³-hybridized carbons (Fsp3) is 0.0500. The summed E-state index contributed by atoms with van der Waals surface area (Å²) >= 11 is 12.0. The lowest BCUT2D eigenvalue weighted by molar-refractivity contribution is -0.141. The molecule has 22 heteroatoms. The Balaban J connectivity index is 0.919. The molecular weight excluding hydrogens is 1130 g/mol. The first-order valence-electron chi connectivity index (χ1n) is 24.8. The third kappa shape index (κ3) is 10.6. The molecule has 12 rings (SSSR count). The maximum absolute atomic E-state index is 14.3. The number of methoxy groups -OCH3 is 1. The highest BCUT2D eigenvalue weighted by Crippen LogP contribution is 2.41. The van der Waals surface area contributed by atoms with Crippen molar-refractivity contribution in [1.82, 2.24) is 34.9 Å². The van der Waals surface area contributed by atoms with Crippen LogP contribution in [0.3, 0.4) is 0 Å². The number of benzene rings is 5. The molecule has 0 amide bonds. The van der Waals surface area contributed by atoms with E-state index in [2.05, 4.69) is 29.4 Å². The molecule has 0 fully saturated rings. The van der Waals surface area contributed by atoms with Gasteiger partial charge in [-0.05, 0) is 102 Å². The predicted molar refractivity (Wildman–Crippen MR) is 315 cm³/mol. The topological polar surface area (TPSA) is 221 Å². The van der Waals surface area contributed by atoms with Gasteiger partial charge in [-0.3, -0.25) is 29.3 Å². The van der Waals surface area contributed by atoms with Crippen molar-refractivity contribution >= 4 is 100.0 Å². The lowest BCUT2D eigenvalue weighted by Gasteiger charge is -2.15. The summed E-state index contributed by atoms with van der Waals surface area (Å²) in [5.41, 5.74) is 5.55. The number of ether oxygens (including phenoxy) is 1. The fourth-order valence-electron chi connectivity index (χ4n) is 9.54. The number of rotatable bonds is 13. The summed E-state index contributed by atoms with van der Waals surface area (Å²) in [4.78, 5) is 56.9. The summed E-state index contributed by atoms with van der Waals surface area (Å²) < 4.78 is 89.8. The summed E-state index contributed by atoms with van der Waals surface area (Å²) in [5.74, 6) is 0.152. The molecule has 5 aromatic carbocycles. The van der Waals surface area contributed by atoms with Gasteiger partial charge in [0.05, 0.1) is 66.6 Å². The van der Waals surface area contributed by atoms with Gasteiger partial charge in [0.1, 0.15) is 34.2 Å². The Morgan fingerprint density at radius 2 is 1.33 bits per heavy atom. The molecule has 406 valence electrons. The zero-order chi connectivity index (χ0) is 57.0. The van der Waals surface area contributed by atoms with E-state index in [1.165, 1.54) is 43.6 Å². The third-order valence-electron chi connectivity index (χ3n) is 13.5. The van der Waals surface area contributed by atoms with Gasteiger partial charge in [0.15, 0.2) is 11.2 Å². The van der Waals surface area contributed by atoms with E-state index < -0.39 is 44.1 Å². The zero-order valence-corrected chi connectivity index (χ0v) is 45.5. The Morgan fingerprint density at radius 3 is 2.05 bits per heavy atom. The molecular formula is C60H38Cl2F3N9O6S2. The first kappa shape index (κ1) is 53.5. The minimum absolute atomic E-state index is 0.0411. The number of halogens is 5. The predicted octanol–water partition coefficient (Wildman–Crippen LogP) is 13.4. The monoisotopic (exact) mass is 1170 g/mol. The lowest BCUT2D eigenvalue weighted by atomic mass is 9.94. The number of fused-ring (bicyclic) bond motifs is 4. The molecule has 1 unspecified atom stereocenters. The van der Waals surface area contributed by atoms with Crippen LogP contribution in [0.2, 0.25) is 10.0 Å². The van der Waals surface area contributed by atoms with Gasteiger partial charge in [0, 0.05) is 75.0 Å². The number of sulfonamides is 1. The Morgan fingerprint density at radius 1 is 0.659 bits per heavy atom. The van der Waals surface area contributed by atoms with Crippen molar-refractivity contribution in [2.24, 2.45) is 0 Å². The van der Waals surface area contributed by atoms with E-state index in [-0.39, 0.29) is 49.8 Å². The summed E-state index contributed by atoms with van der Waals surface area (Å²) in [6, 6.07) is 42.1. The fourth-order valence-corrected chi connectivity index (χ4v) is 12.0. The van der Waals surface area contributed by atoms with Gasteiger partial charge in [-0.1, -0.05) is 83.9 Å². The quantitative estimate of drug-likeness (QED) is 0.0792. The van der Waals surface area contributed by atoms with Crippen LogP contribution >= 0.6 is 23.2 Å². The van der Waals surface area contributed by atoms with Gasteiger partial charge in [0.2, 0.25) is 5.43 Å². The van der Waals surface area contributed by atoms with Gasteiger partial charge >= 0.3 is 6.18 Å². The van der Waals surface area contributed by atoms with E-state index in [4.69, 9.17) is 42.9 Å². The van der Waals surface area contributed by atoms with Gasteiger partial charge in [-0.15, -0.1) is 0 Å². The molecule has 7 aromatic heterocycles. The van der Waals surface area contributed by atoms with Crippen LogP contribution in [0.15, 0.2) is 191 Å². The average Bonchev–Trinajstić information content (AvgIpc) is 3.66. The number of hydrogen-bond donors (Lipinski definition) is 4. The van der Waals surface area contributed by atoms with Crippen LogP contribution in [0.5, 0.6) is 5.75 Å². The molecule has 0 saturated heterocycles. The molecule has 0 aliphatic rings. The largest absolute Gasteiger partial charge is 0.593 e. The SMILES string of the molecule is COc1ccc(S(=O)(=O)Nc2cc(=O)c3cc(-c4cc(Cl)c5ncc(-c6cccc(-c7nc8[nH]cc(N[S+]([O-])Cc9ccc(C(F)(F)F)nc9)c(=O)c8cc7-c7cc(Cl)c8ncccc8c7)c6)cc5c4)c(-c4ccccc4)nc3[nH]2)cc1. The molecule has 1 atom stereocenters. The second kappa shape index (κ2) is 21.4. The van der Waals surface area contributed by atoms with Crippen molar-refractivity contribution in [2.45, 2.75) is 16.8 Å². The number of pyridine rings is 7. The summed E-state index contributed by atoms with van der Waals surface area (Å²) in [7, 11) is -2.65. The van der Waals surface area contributed by atoms with Gasteiger partial charge < -0.3 is 19.3 Å². The van der Waals surface area contributed by atoms with Crippen molar-refractivity contribution < 1.29 is 30.9 Å². The van der Waals surface area contributed by atoms with Gasteiger partial charge in [0.25, 0.3) is 10.0 Å². The number of nitrogens with one attached hydrogen (secondary N) is 4. The standard InChI is InChI=1S/C60H38Cl2F3N9O6S2/c1-80-41-13-15-42(16-14-41)82(78,79)74-52-27-50(75)45-25-43(53(72-59(45)70-52)33-7-3-2-4-8-33)38-21-39-22-40(29-68-56(39)48(62)24-38)34-9-5-10-35(19-34)54-44(37-20-36-11-6-18-66-55(36)47(61)23-37)26-46-57(76)49(30-69-58(46)71-54)73-81(77)31-32-12-17-51(67-28-32)60(63,64)65/h2-30,73H,31H2,1H3,(H,69,71,76)(H2,70,72,74,75). The summed E-state index contributed by atoms with van der Waals surface area (Å²) in [6.07, 6.45) is 1.03. The molecule has 0 spiro atoms. The molecule has 0 bridgehead atoms. The van der Waals surface area contributed by atoms with E-state index in [9.17, 15) is 35.7 Å². The van der Waals surface area contributed by atoms with Crippen LogP contribution in [0.4, 0.5) is 24.7 Å². The summed E-state index contributed by atoms with van der Waals surface area (Å²) in [5, 5.41) is 2.40. The lowest BCUT2D eigenvalue weighted by Crippen LogP contribution is -2.21. The Kier molecular flexibility index (Phi) is 13.9. The smallest absolute Gasteiger partial charge is 0.433 e. The Labute approximate surface area is 476 Å². The van der Waals surface area contributed by atoms with E-state index in [0.29, 0.717) is 82.5 Å². The molecule has 0 saturated carbocycles. The third-order valence-corrected chi connectivity index (χ3v) is 16.5. The van der Waals surface area contributed by atoms with E-state index >= 15 is 0 Å². The highest BCUT2D eigenvalue weighted by atomic mass is 35.5. The number of hydrogen-bond acceptors (Lipinski definition) is 12. The van der Waals surface area contributed by atoms with Crippen molar-refractivity contribution in [2.75, 3.05) is 16.6 Å².